The minimum absolute atomic E-state index is 0.0123. The molecule has 29 heavy (non-hydrogen) atoms. The Morgan fingerprint density at radius 2 is 1.79 bits per heavy atom. The lowest BCUT2D eigenvalue weighted by atomic mass is 9.98. The Morgan fingerprint density at radius 3 is 2.45 bits per heavy atom. The molecular formula is C21H20F3N3O2. The quantitative estimate of drug-likeness (QED) is 0.579. The summed E-state index contributed by atoms with van der Waals surface area (Å²) < 4.78 is 44.8. The molecule has 0 unspecified atom stereocenters. The van der Waals surface area contributed by atoms with Gasteiger partial charge in [0.05, 0.1) is 12.2 Å². The van der Waals surface area contributed by atoms with Crippen LogP contribution >= 0.6 is 0 Å². The van der Waals surface area contributed by atoms with Crippen LogP contribution in [0.15, 0.2) is 48.5 Å². The van der Waals surface area contributed by atoms with Crippen LogP contribution < -0.4 is 0 Å². The van der Waals surface area contributed by atoms with Crippen LogP contribution in [0.5, 0.6) is 0 Å². The van der Waals surface area contributed by atoms with Gasteiger partial charge in [0.25, 0.3) is 0 Å². The number of benzene rings is 2. The van der Waals surface area contributed by atoms with Crippen LogP contribution in [0.25, 0.3) is 11.4 Å². The smallest absolute Gasteiger partial charge is 0.416 e. The van der Waals surface area contributed by atoms with Gasteiger partial charge in [-0.25, -0.2) is 4.98 Å². The zero-order valence-corrected chi connectivity index (χ0v) is 16.0. The van der Waals surface area contributed by atoms with Crippen LogP contribution in [0.2, 0.25) is 0 Å². The number of ether oxygens (including phenoxy) is 1. The molecule has 0 amide bonds. The second-order valence-corrected chi connectivity index (χ2v) is 6.49. The lowest BCUT2D eigenvalue weighted by Gasteiger charge is -2.09. The fourth-order valence-corrected chi connectivity index (χ4v) is 2.95. The first-order valence-electron chi connectivity index (χ1n) is 9.08. The van der Waals surface area contributed by atoms with Crippen molar-refractivity contribution in [2.75, 3.05) is 6.61 Å². The molecule has 0 fully saturated rings. The van der Waals surface area contributed by atoms with Crippen molar-refractivity contribution in [1.29, 1.82) is 0 Å². The highest BCUT2D eigenvalue weighted by molar-refractivity contribution is 5.72. The molecule has 1 aromatic heterocycles. The van der Waals surface area contributed by atoms with Gasteiger partial charge in [-0.3, -0.25) is 9.48 Å². The third kappa shape index (κ3) is 5.01. The highest BCUT2D eigenvalue weighted by Crippen LogP contribution is 2.30. The Hall–Kier alpha value is -3.16. The summed E-state index contributed by atoms with van der Waals surface area (Å²) in [5, 5.41) is 4.39. The van der Waals surface area contributed by atoms with Gasteiger partial charge in [0.2, 0.25) is 0 Å². The molecule has 0 N–H and O–H groups in total. The molecular weight excluding hydrogens is 383 g/mol. The second kappa shape index (κ2) is 8.46. The van der Waals surface area contributed by atoms with Crippen molar-refractivity contribution in [3.63, 3.8) is 0 Å². The minimum Gasteiger partial charge on any atom is -0.466 e. The molecule has 0 saturated carbocycles. The Balaban J connectivity index is 1.85. The van der Waals surface area contributed by atoms with Gasteiger partial charge in [0.1, 0.15) is 12.2 Å². The normalized spacial score (nSPS) is 11.5. The maximum Gasteiger partial charge on any atom is 0.416 e. The molecule has 0 radical (unpaired) electrons. The number of aryl methyl sites for hydroxylation is 1. The van der Waals surface area contributed by atoms with Crippen LogP contribution in [-0.4, -0.2) is 27.3 Å². The molecule has 8 heteroatoms. The number of hydrogen-bond donors (Lipinski definition) is 0. The SMILES string of the molecule is CCOC(=O)Cc1nc(-c2ccccc2Cc2ccc(C(F)(F)F)cc2)nn1C. The van der Waals surface area contributed by atoms with E-state index in [1.165, 1.54) is 16.8 Å². The molecule has 0 atom stereocenters. The van der Waals surface area contributed by atoms with E-state index >= 15 is 0 Å². The first kappa shape index (κ1) is 20.6. The highest BCUT2D eigenvalue weighted by Gasteiger charge is 2.29. The number of alkyl halides is 3. The topological polar surface area (TPSA) is 57.0 Å². The lowest BCUT2D eigenvalue weighted by Crippen LogP contribution is -2.11. The van der Waals surface area contributed by atoms with Crippen LogP contribution in [0.1, 0.15) is 29.4 Å². The molecule has 3 aromatic rings. The fourth-order valence-electron chi connectivity index (χ4n) is 2.95. The van der Waals surface area contributed by atoms with Gasteiger partial charge in [0, 0.05) is 12.6 Å². The summed E-state index contributed by atoms with van der Waals surface area (Å²) in [5.41, 5.74) is 1.70. The predicted octanol–water partition coefficient (Wildman–Crippen LogP) is 4.20. The molecule has 0 saturated heterocycles. The summed E-state index contributed by atoms with van der Waals surface area (Å²) >= 11 is 0. The van der Waals surface area contributed by atoms with Crippen molar-refractivity contribution in [2.24, 2.45) is 7.05 Å². The molecule has 2 aromatic carbocycles. The van der Waals surface area contributed by atoms with E-state index in [0.29, 0.717) is 24.7 Å². The van der Waals surface area contributed by atoms with E-state index in [-0.39, 0.29) is 12.4 Å². The van der Waals surface area contributed by atoms with Crippen LogP contribution in [0, 0.1) is 0 Å². The molecule has 0 aliphatic heterocycles. The van der Waals surface area contributed by atoms with Crippen molar-refractivity contribution in [3.8, 4) is 11.4 Å². The average Bonchev–Trinajstić information content (AvgIpc) is 3.02. The average molecular weight is 403 g/mol. The summed E-state index contributed by atoms with van der Waals surface area (Å²) in [5.74, 6) is 0.546. The molecule has 152 valence electrons. The number of halogens is 3. The van der Waals surface area contributed by atoms with E-state index < -0.39 is 11.7 Å². The summed E-state index contributed by atoms with van der Waals surface area (Å²) in [6.07, 6.45) is -3.91. The number of rotatable bonds is 6. The zero-order chi connectivity index (χ0) is 21.0. The van der Waals surface area contributed by atoms with Crippen molar-refractivity contribution < 1.29 is 22.7 Å². The molecule has 0 spiro atoms. The monoisotopic (exact) mass is 403 g/mol. The van der Waals surface area contributed by atoms with Crippen molar-refractivity contribution >= 4 is 5.97 Å². The molecule has 3 rings (SSSR count). The van der Waals surface area contributed by atoms with Crippen LogP contribution in [-0.2, 0) is 35.6 Å². The third-order valence-electron chi connectivity index (χ3n) is 4.40. The number of esters is 1. The first-order chi connectivity index (χ1) is 13.8. The summed E-state index contributed by atoms with van der Waals surface area (Å²) in [7, 11) is 1.70. The second-order valence-electron chi connectivity index (χ2n) is 6.49. The minimum atomic E-state index is -4.36. The Labute approximate surface area is 166 Å². The summed E-state index contributed by atoms with van der Waals surface area (Å²) in [6, 6.07) is 12.5. The van der Waals surface area contributed by atoms with Crippen LogP contribution in [0.3, 0.4) is 0 Å². The predicted molar refractivity (Wildman–Crippen MR) is 101 cm³/mol. The molecule has 1 heterocycles. The molecule has 5 nitrogen and oxygen atoms in total. The first-order valence-corrected chi connectivity index (χ1v) is 9.08. The number of nitrogens with zero attached hydrogens (tertiary/aromatic N) is 3. The number of hydrogen-bond acceptors (Lipinski definition) is 4. The van der Waals surface area contributed by atoms with E-state index in [9.17, 15) is 18.0 Å². The summed E-state index contributed by atoms with van der Waals surface area (Å²) in [6.45, 7) is 2.02. The van der Waals surface area contributed by atoms with Gasteiger partial charge in [-0.15, -0.1) is 0 Å². The van der Waals surface area contributed by atoms with E-state index in [2.05, 4.69) is 10.1 Å². The van der Waals surface area contributed by atoms with E-state index in [0.717, 1.165) is 28.8 Å². The van der Waals surface area contributed by atoms with Crippen LogP contribution in [0.4, 0.5) is 13.2 Å². The van der Waals surface area contributed by atoms with Gasteiger partial charge in [-0.05, 0) is 36.6 Å². The molecule has 0 bridgehead atoms. The van der Waals surface area contributed by atoms with Gasteiger partial charge < -0.3 is 4.74 Å². The fraction of sp³-hybridized carbons (Fsp3) is 0.286. The van der Waals surface area contributed by atoms with Crippen molar-refractivity contribution in [1.82, 2.24) is 14.8 Å². The molecule has 0 aliphatic carbocycles. The number of aromatic nitrogens is 3. The highest BCUT2D eigenvalue weighted by atomic mass is 19.4. The maximum atomic E-state index is 12.8. The Bertz CT molecular complexity index is 995. The largest absolute Gasteiger partial charge is 0.466 e. The number of carbonyl (C=O) groups is 1. The summed E-state index contributed by atoms with van der Waals surface area (Å²) in [4.78, 5) is 16.2. The van der Waals surface area contributed by atoms with Crippen molar-refractivity contribution in [2.45, 2.75) is 25.9 Å². The zero-order valence-electron chi connectivity index (χ0n) is 16.0. The maximum absolute atomic E-state index is 12.8. The molecule has 0 aliphatic rings. The van der Waals surface area contributed by atoms with Gasteiger partial charge in [-0.2, -0.15) is 18.3 Å². The number of carbonyl (C=O) groups excluding carboxylic acids is 1. The van der Waals surface area contributed by atoms with Gasteiger partial charge in [-0.1, -0.05) is 36.4 Å². The standard InChI is InChI=1S/C21H20F3N3O2/c1-3-29-19(28)13-18-25-20(26-27(18)2)17-7-5-4-6-15(17)12-14-8-10-16(11-9-14)21(22,23)24/h4-11H,3,12-13H2,1-2H3. The van der Waals surface area contributed by atoms with Gasteiger partial charge >= 0.3 is 12.1 Å². The lowest BCUT2D eigenvalue weighted by molar-refractivity contribution is -0.142. The van der Waals surface area contributed by atoms with E-state index in [1.54, 1.807) is 14.0 Å². The van der Waals surface area contributed by atoms with E-state index in [4.69, 9.17) is 4.74 Å². The van der Waals surface area contributed by atoms with Crippen molar-refractivity contribution in [3.05, 3.63) is 71.0 Å². The Morgan fingerprint density at radius 1 is 1.10 bits per heavy atom. The van der Waals surface area contributed by atoms with E-state index in [1.807, 2.05) is 24.3 Å². The Kier molecular flexibility index (Phi) is 6.00. The third-order valence-corrected chi connectivity index (χ3v) is 4.40. The van der Waals surface area contributed by atoms with Gasteiger partial charge in [0.15, 0.2) is 5.82 Å².